The standard InChI is InChI=1S/C20H29N/c1-15(2)18-10-11-20(4)16(3)13-21(19(20)12-18)14-17-8-6-5-7-9-17/h5-9,16,18-19H,1,10-14H2,2-4H3/t16-,18+,19-,20-/m1/s1. The van der Waals surface area contributed by atoms with Crippen LogP contribution in [0.15, 0.2) is 42.5 Å². The number of nitrogens with zero attached hydrogens (tertiary/aromatic N) is 1. The second-order valence-electron chi connectivity index (χ2n) is 7.66. The Hall–Kier alpha value is -1.08. The summed E-state index contributed by atoms with van der Waals surface area (Å²) in [6.45, 7) is 13.8. The molecule has 3 rings (SSSR count). The molecule has 1 heterocycles. The van der Waals surface area contributed by atoms with Crippen LogP contribution in [-0.4, -0.2) is 17.5 Å². The first-order chi connectivity index (χ1) is 10.0. The van der Waals surface area contributed by atoms with Crippen LogP contribution in [0.2, 0.25) is 0 Å². The Kier molecular flexibility index (Phi) is 3.96. The molecule has 0 amide bonds. The quantitative estimate of drug-likeness (QED) is 0.714. The van der Waals surface area contributed by atoms with Gasteiger partial charge < -0.3 is 0 Å². The van der Waals surface area contributed by atoms with Crippen LogP contribution in [0.1, 0.15) is 45.6 Å². The SMILES string of the molecule is C=C(C)[C@H]1CC[C@]2(C)[C@H](C)CN(Cc3ccccc3)[C@@H]2C1. The van der Waals surface area contributed by atoms with Crippen LogP contribution in [0.4, 0.5) is 0 Å². The summed E-state index contributed by atoms with van der Waals surface area (Å²) in [5.41, 5.74) is 3.34. The van der Waals surface area contributed by atoms with Crippen LogP contribution in [0.3, 0.4) is 0 Å². The summed E-state index contributed by atoms with van der Waals surface area (Å²) in [5.74, 6) is 1.53. The van der Waals surface area contributed by atoms with E-state index in [9.17, 15) is 0 Å². The van der Waals surface area contributed by atoms with Crippen molar-refractivity contribution in [1.82, 2.24) is 4.90 Å². The molecular formula is C20H29N. The van der Waals surface area contributed by atoms with Crippen molar-refractivity contribution in [3.8, 4) is 0 Å². The van der Waals surface area contributed by atoms with Gasteiger partial charge in [0, 0.05) is 19.1 Å². The molecule has 0 unspecified atom stereocenters. The molecule has 1 aromatic rings. The fraction of sp³-hybridized carbons (Fsp3) is 0.600. The molecule has 1 aliphatic heterocycles. The second kappa shape index (κ2) is 5.61. The van der Waals surface area contributed by atoms with Gasteiger partial charge in [0.05, 0.1) is 0 Å². The third kappa shape index (κ3) is 2.68. The van der Waals surface area contributed by atoms with Crippen molar-refractivity contribution in [2.24, 2.45) is 17.3 Å². The van der Waals surface area contributed by atoms with Crippen molar-refractivity contribution in [1.29, 1.82) is 0 Å². The molecule has 4 atom stereocenters. The van der Waals surface area contributed by atoms with Crippen LogP contribution < -0.4 is 0 Å². The van der Waals surface area contributed by atoms with E-state index in [-0.39, 0.29) is 0 Å². The van der Waals surface area contributed by atoms with Gasteiger partial charge in [-0.3, -0.25) is 4.90 Å². The zero-order valence-corrected chi connectivity index (χ0v) is 13.8. The average molecular weight is 283 g/mol. The normalized spacial score (nSPS) is 36.4. The van der Waals surface area contributed by atoms with Gasteiger partial charge in [0.15, 0.2) is 0 Å². The summed E-state index contributed by atoms with van der Waals surface area (Å²) in [6, 6.07) is 11.7. The minimum Gasteiger partial charge on any atom is -0.295 e. The third-order valence-corrected chi connectivity index (χ3v) is 6.30. The Morgan fingerprint density at radius 3 is 2.71 bits per heavy atom. The van der Waals surface area contributed by atoms with Gasteiger partial charge in [-0.25, -0.2) is 0 Å². The molecule has 1 saturated carbocycles. The predicted octanol–water partition coefficient (Wildman–Crippen LogP) is 4.89. The number of fused-ring (bicyclic) bond motifs is 1. The molecule has 0 N–H and O–H groups in total. The van der Waals surface area contributed by atoms with E-state index < -0.39 is 0 Å². The zero-order valence-electron chi connectivity index (χ0n) is 13.8. The van der Waals surface area contributed by atoms with Gasteiger partial charge in [0.25, 0.3) is 0 Å². The lowest BCUT2D eigenvalue weighted by Crippen LogP contribution is -2.43. The highest BCUT2D eigenvalue weighted by molar-refractivity contribution is 5.16. The fourth-order valence-electron chi connectivity index (χ4n) is 4.58. The van der Waals surface area contributed by atoms with Crippen molar-refractivity contribution < 1.29 is 0 Å². The van der Waals surface area contributed by atoms with E-state index in [0.29, 0.717) is 5.41 Å². The Labute approximate surface area is 130 Å². The summed E-state index contributed by atoms with van der Waals surface area (Å²) in [5, 5.41) is 0. The first kappa shape index (κ1) is 14.8. The van der Waals surface area contributed by atoms with Crippen LogP contribution in [0.25, 0.3) is 0 Å². The zero-order chi connectivity index (χ0) is 15.0. The predicted molar refractivity (Wildman–Crippen MR) is 90.1 cm³/mol. The molecule has 1 saturated heterocycles. The fourth-order valence-corrected chi connectivity index (χ4v) is 4.58. The highest BCUT2D eigenvalue weighted by Crippen LogP contribution is 2.52. The molecular weight excluding hydrogens is 254 g/mol. The lowest BCUT2D eigenvalue weighted by molar-refractivity contribution is 0.0758. The van der Waals surface area contributed by atoms with Gasteiger partial charge in [-0.15, -0.1) is 0 Å². The second-order valence-corrected chi connectivity index (χ2v) is 7.66. The summed E-state index contributed by atoms with van der Waals surface area (Å²) in [6.07, 6.45) is 4.01. The summed E-state index contributed by atoms with van der Waals surface area (Å²) < 4.78 is 0. The molecule has 114 valence electrons. The van der Waals surface area contributed by atoms with E-state index >= 15 is 0 Å². The molecule has 1 aliphatic carbocycles. The minimum atomic E-state index is 0.501. The van der Waals surface area contributed by atoms with E-state index in [1.165, 1.54) is 36.9 Å². The highest BCUT2D eigenvalue weighted by atomic mass is 15.2. The number of rotatable bonds is 3. The molecule has 0 bridgehead atoms. The summed E-state index contributed by atoms with van der Waals surface area (Å²) in [7, 11) is 0. The van der Waals surface area contributed by atoms with Gasteiger partial charge in [-0.05, 0) is 49.0 Å². The number of hydrogen-bond donors (Lipinski definition) is 0. The van der Waals surface area contributed by atoms with E-state index in [2.05, 4.69) is 62.6 Å². The smallest absolute Gasteiger partial charge is 0.0237 e. The number of likely N-dealkylation sites (tertiary alicyclic amines) is 1. The van der Waals surface area contributed by atoms with Gasteiger partial charge >= 0.3 is 0 Å². The van der Waals surface area contributed by atoms with E-state index in [0.717, 1.165) is 24.4 Å². The van der Waals surface area contributed by atoms with Crippen LogP contribution in [0, 0.1) is 17.3 Å². The van der Waals surface area contributed by atoms with Gasteiger partial charge in [0.1, 0.15) is 0 Å². The maximum Gasteiger partial charge on any atom is 0.0237 e. The van der Waals surface area contributed by atoms with Crippen molar-refractivity contribution in [2.45, 2.75) is 52.6 Å². The van der Waals surface area contributed by atoms with E-state index in [4.69, 9.17) is 0 Å². The summed E-state index contributed by atoms with van der Waals surface area (Å²) in [4.78, 5) is 2.75. The topological polar surface area (TPSA) is 3.24 Å². The molecule has 21 heavy (non-hydrogen) atoms. The molecule has 0 radical (unpaired) electrons. The Morgan fingerprint density at radius 1 is 1.33 bits per heavy atom. The summed E-state index contributed by atoms with van der Waals surface area (Å²) >= 11 is 0. The third-order valence-electron chi connectivity index (χ3n) is 6.30. The van der Waals surface area contributed by atoms with Crippen LogP contribution in [-0.2, 0) is 6.54 Å². The number of allylic oxidation sites excluding steroid dienone is 1. The van der Waals surface area contributed by atoms with E-state index in [1.807, 2.05) is 0 Å². The first-order valence-electron chi connectivity index (χ1n) is 8.44. The minimum absolute atomic E-state index is 0.501. The van der Waals surface area contributed by atoms with E-state index in [1.54, 1.807) is 0 Å². The maximum absolute atomic E-state index is 4.23. The first-order valence-corrected chi connectivity index (χ1v) is 8.44. The average Bonchev–Trinajstić information content (AvgIpc) is 2.71. The maximum atomic E-state index is 4.23. The molecule has 1 aromatic carbocycles. The van der Waals surface area contributed by atoms with Gasteiger partial charge in [-0.2, -0.15) is 0 Å². The van der Waals surface area contributed by atoms with Crippen molar-refractivity contribution >= 4 is 0 Å². The molecule has 1 heteroatoms. The Balaban J connectivity index is 1.80. The molecule has 2 aliphatic rings. The highest BCUT2D eigenvalue weighted by Gasteiger charge is 2.51. The van der Waals surface area contributed by atoms with Crippen molar-refractivity contribution in [3.05, 3.63) is 48.0 Å². The van der Waals surface area contributed by atoms with Gasteiger partial charge in [-0.1, -0.05) is 56.3 Å². The lowest BCUT2D eigenvalue weighted by Gasteiger charge is -2.44. The Morgan fingerprint density at radius 2 is 2.05 bits per heavy atom. The number of benzene rings is 1. The van der Waals surface area contributed by atoms with Crippen molar-refractivity contribution in [3.63, 3.8) is 0 Å². The number of hydrogen-bond acceptors (Lipinski definition) is 1. The Bertz CT molecular complexity index is 506. The van der Waals surface area contributed by atoms with Gasteiger partial charge in [0.2, 0.25) is 0 Å². The molecule has 0 spiro atoms. The molecule has 2 fully saturated rings. The molecule has 0 aromatic heterocycles. The van der Waals surface area contributed by atoms with Crippen LogP contribution in [0.5, 0.6) is 0 Å². The van der Waals surface area contributed by atoms with Crippen molar-refractivity contribution in [2.75, 3.05) is 6.54 Å². The largest absolute Gasteiger partial charge is 0.295 e. The monoisotopic (exact) mass is 283 g/mol. The van der Waals surface area contributed by atoms with Crippen LogP contribution >= 0.6 is 0 Å². The molecule has 1 nitrogen and oxygen atoms in total. The lowest BCUT2D eigenvalue weighted by atomic mass is 9.64.